The number of hydrogen-bond donors (Lipinski definition) is 2. The van der Waals surface area contributed by atoms with Crippen LogP contribution in [0.1, 0.15) is 41.5 Å². The van der Waals surface area contributed by atoms with E-state index in [9.17, 15) is 19.2 Å². The lowest BCUT2D eigenvalue weighted by atomic mass is 9.51. The van der Waals surface area contributed by atoms with Crippen molar-refractivity contribution in [2.24, 2.45) is 10.8 Å². The zero-order valence-corrected chi connectivity index (χ0v) is 19.7. The quantitative estimate of drug-likeness (QED) is 0.223. The number of esters is 2. The van der Waals surface area contributed by atoms with E-state index in [0.717, 1.165) is 0 Å². The van der Waals surface area contributed by atoms with Crippen molar-refractivity contribution in [3.63, 3.8) is 0 Å². The molecule has 0 radical (unpaired) electrons. The first-order valence-electron chi connectivity index (χ1n) is 10.3. The Bertz CT molecular complexity index is 696. The molecule has 1 saturated carbocycles. The molecule has 0 aromatic heterocycles. The van der Waals surface area contributed by atoms with Crippen LogP contribution in [0.4, 0.5) is 9.59 Å². The zero-order valence-electron chi connectivity index (χ0n) is 19.7. The molecule has 0 aromatic carbocycles. The molecule has 10 heteroatoms. The fourth-order valence-electron chi connectivity index (χ4n) is 3.84. The summed E-state index contributed by atoms with van der Waals surface area (Å²) in [5.74, 6) is -1.07. The Morgan fingerprint density at radius 2 is 1.03 bits per heavy atom. The maximum Gasteiger partial charge on any atom is 0.407 e. The van der Waals surface area contributed by atoms with Gasteiger partial charge in [0.15, 0.2) is 0 Å². The molecule has 0 bridgehead atoms. The summed E-state index contributed by atoms with van der Waals surface area (Å²) in [7, 11) is 0. The molecule has 2 amide bonds. The number of ether oxygens (including phenoxy) is 4. The monoisotopic (exact) mass is 454 g/mol. The average molecular weight is 455 g/mol. The molecule has 1 fully saturated rings. The van der Waals surface area contributed by atoms with E-state index in [1.165, 1.54) is 13.8 Å². The van der Waals surface area contributed by atoms with E-state index in [1.54, 1.807) is 0 Å². The lowest BCUT2D eigenvalue weighted by Crippen LogP contribution is -2.70. The van der Waals surface area contributed by atoms with Crippen LogP contribution in [0.2, 0.25) is 0 Å². The predicted molar refractivity (Wildman–Crippen MR) is 116 cm³/mol. The fourth-order valence-corrected chi connectivity index (χ4v) is 3.84. The number of carbonyl (C=O) groups excluding carboxylic acids is 4. The highest BCUT2D eigenvalue weighted by Crippen LogP contribution is 2.57. The van der Waals surface area contributed by atoms with Crippen molar-refractivity contribution >= 4 is 24.1 Å². The molecule has 180 valence electrons. The Labute approximate surface area is 188 Å². The minimum Gasteiger partial charge on any atom is -0.460 e. The summed E-state index contributed by atoms with van der Waals surface area (Å²) in [6, 6.07) is 0. The second kappa shape index (κ2) is 11.0. The van der Waals surface area contributed by atoms with Gasteiger partial charge in [-0.3, -0.25) is 0 Å². The van der Waals surface area contributed by atoms with E-state index in [1.807, 2.05) is 27.7 Å². The normalized spacial score (nSPS) is 20.1. The van der Waals surface area contributed by atoms with Crippen LogP contribution in [0, 0.1) is 10.8 Å². The standard InChI is InChI=1S/C22H34N2O8/c1-13(2)15(25)29-11-9-23-19(27)31-17-21(5,6)18(22(17,7)8)32-20(28)24-10-12-30-16(26)14(3)4/h17-18H,1,3,9-12H2,2,4-8H3,(H,23,27)(H,24,28). The lowest BCUT2D eigenvalue weighted by molar-refractivity contribution is -0.244. The highest BCUT2D eigenvalue weighted by molar-refractivity contribution is 5.87. The smallest absolute Gasteiger partial charge is 0.407 e. The highest BCUT2D eigenvalue weighted by Gasteiger charge is 2.66. The second-order valence-electron chi connectivity index (χ2n) is 8.90. The summed E-state index contributed by atoms with van der Waals surface area (Å²) in [6.07, 6.45) is -2.38. The van der Waals surface area contributed by atoms with Gasteiger partial charge in [0, 0.05) is 22.0 Å². The van der Waals surface area contributed by atoms with Gasteiger partial charge in [0.1, 0.15) is 25.4 Å². The maximum atomic E-state index is 12.1. The molecule has 0 spiro atoms. The van der Waals surface area contributed by atoms with Crippen LogP contribution >= 0.6 is 0 Å². The third-order valence-corrected chi connectivity index (χ3v) is 5.06. The van der Waals surface area contributed by atoms with Crippen LogP contribution in [-0.2, 0) is 28.5 Å². The number of carbonyl (C=O) groups is 4. The lowest BCUT2D eigenvalue weighted by Gasteiger charge is -2.61. The Morgan fingerprint density at radius 3 is 1.31 bits per heavy atom. The van der Waals surface area contributed by atoms with Gasteiger partial charge >= 0.3 is 24.1 Å². The van der Waals surface area contributed by atoms with Gasteiger partial charge in [0.25, 0.3) is 0 Å². The van der Waals surface area contributed by atoms with Gasteiger partial charge in [-0.15, -0.1) is 0 Å². The first-order chi connectivity index (χ1) is 14.7. The van der Waals surface area contributed by atoms with Gasteiger partial charge < -0.3 is 29.6 Å². The summed E-state index contributed by atoms with van der Waals surface area (Å²) in [6.45, 7) is 17.5. The molecule has 0 aliphatic heterocycles. The first kappa shape index (κ1) is 27.0. The third-order valence-electron chi connectivity index (χ3n) is 5.06. The Kier molecular flexibility index (Phi) is 9.29. The van der Waals surface area contributed by atoms with Crippen molar-refractivity contribution in [2.45, 2.75) is 53.8 Å². The molecule has 1 aliphatic carbocycles. The topological polar surface area (TPSA) is 129 Å². The first-order valence-corrected chi connectivity index (χ1v) is 10.3. The number of nitrogens with one attached hydrogen (secondary N) is 2. The van der Waals surface area contributed by atoms with Crippen molar-refractivity contribution in [1.29, 1.82) is 0 Å². The minimum absolute atomic E-state index is 0.00810. The molecule has 0 aromatic rings. The molecule has 2 N–H and O–H groups in total. The Balaban J connectivity index is 2.46. The van der Waals surface area contributed by atoms with Crippen LogP contribution in [-0.4, -0.2) is 62.6 Å². The fraction of sp³-hybridized carbons (Fsp3) is 0.636. The van der Waals surface area contributed by atoms with E-state index in [4.69, 9.17) is 18.9 Å². The van der Waals surface area contributed by atoms with E-state index >= 15 is 0 Å². The van der Waals surface area contributed by atoms with Crippen molar-refractivity contribution in [2.75, 3.05) is 26.3 Å². The van der Waals surface area contributed by atoms with Gasteiger partial charge in [0.2, 0.25) is 0 Å². The largest absolute Gasteiger partial charge is 0.460 e. The zero-order chi connectivity index (χ0) is 24.7. The molecule has 32 heavy (non-hydrogen) atoms. The molecule has 1 rings (SSSR count). The number of alkyl carbamates (subject to hydrolysis) is 2. The summed E-state index contributed by atoms with van der Waals surface area (Å²) in [5.41, 5.74) is -0.740. The van der Waals surface area contributed by atoms with Crippen LogP contribution in [0.15, 0.2) is 24.3 Å². The minimum atomic E-state index is -0.662. The van der Waals surface area contributed by atoms with E-state index < -0.39 is 47.2 Å². The molecule has 0 atom stereocenters. The molecule has 10 nitrogen and oxygen atoms in total. The molecule has 0 saturated heterocycles. The van der Waals surface area contributed by atoms with Gasteiger partial charge in [-0.25, -0.2) is 19.2 Å². The van der Waals surface area contributed by atoms with Crippen molar-refractivity contribution in [3.05, 3.63) is 24.3 Å². The molecular formula is C22H34N2O8. The summed E-state index contributed by atoms with van der Waals surface area (Å²) >= 11 is 0. The third kappa shape index (κ3) is 7.00. The molecule has 1 aliphatic rings. The van der Waals surface area contributed by atoms with E-state index in [-0.39, 0.29) is 37.4 Å². The van der Waals surface area contributed by atoms with Crippen LogP contribution in [0.25, 0.3) is 0 Å². The van der Waals surface area contributed by atoms with Crippen LogP contribution in [0.3, 0.4) is 0 Å². The summed E-state index contributed by atoms with van der Waals surface area (Å²) in [5, 5.41) is 5.05. The number of rotatable bonds is 10. The summed E-state index contributed by atoms with van der Waals surface area (Å²) < 4.78 is 20.9. The number of amides is 2. The summed E-state index contributed by atoms with van der Waals surface area (Å²) in [4.78, 5) is 46.9. The van der Waals surface area contributed by atoms with Gasteiger partial charge in [-0.05, 0) is 13.8 Å². The predicted octanol–water partition coefficient (Wildman–Crippen LogP) is 2.48. The SMILES string of the molecule is C=C(C)C(=O)OCCNC(=O)OC1C(C)(C)C(OC(=O)NCCOC(=O)C(=C)C)C1(C)C. The Morgan fingerprint density at radius 1 is 0.719 bits per heavy atom. The van der Waals surface area contributed by atoms with Crippen LogP contribution < -0.4 is 10.6 Å². The number of hydrogen-bond acceptors (Lipinski definition) is 8. The van der Waals surface area contributed by atoms with Gasteiger partial charge in [-0.1, -0.05) is 40.9 Å². The Hall–Kier alpha value is -3.04. The average Bonchev–Trinajstić information content (AvgIpc) is 2.69. The van der Waals surface area contributed by atoms with Crippen molar-refractivity contribution < 1.29 is 38.1 Å². The van der Waals surface area contributed by atoms with E-state index in [0.29, 0.717) is 0 Å². The van der Waals surface area contributed by atoms with Gasteiger partial charge in [0.05, 0.1) is 13.1 Å². The molecule has 0 heterocycles. The van der Waals surface area contributed by atoms with Crippen molar-refractivity contribution in [3.8, 4) is 0 Å². The molecule has 0 unspecified atom stereocenters. The highest BCUT2D eigenvalue weighted by atomic mass is 16.6. The van der Waals surface area contributed by atoms with Crippen molar-refractivity contribution in [1.82, 2.24) is 10.6 Å². The molecular weight excluding hydrogens is 420 g/mol. The van der Waals surface area contributed by atoms with Crippen LogP contribution in [0.5, 0.6) is 0 Å². The van der Waals surface area contributed by atoms with E-state index in [2.05, 4.69) is 23.8 Å². The second-order valence-corrected chi connectivity index (χ2v) is 8.90. The maximum absolute atomic E-state index is 12.1. The van der Waals surface area contributed by atoms with Gasteiger partial charge in [-0.2, -0.15) is 0 Å².